The molecule has 4 heteroatoms. The molecule has 24 heavy (non-hydrogen) atoms. The Morgan fingerprint density at radius 2 is 1.62 bits per heavy atom. The number of anilines is 1. The molecule has 2 aromatic carbocycles. The van der Waals surface area contributed by atoms with Gasteiger partial charge in [0.05, 0.1) is 5.41 Å². The molecular weight excluding hydrogens is 302 g/mol. The van der Waals surface area contributed by atoms with Gasteiger partial charge in [0, 0.05) is 12.1 Å². The molecule has 0 fully saturated rings. The standard InChI is InChI=1S/C20H23NO3/c1-14(15-7-5-4-6-8-15)13-18(22)21-17-11-9-16(10-12-17)20(2,3)19(23)24/h4-12,14H,13H2,1-3H3,(H,21,22)(H,23,24). The highest BCUT2D eigenvalue weighted by molar-refractivity contribution is 5.91. The Morgan fingerprint density at radius 3 is 2.17 bits per heavy atom. The quantitative estimate of drug-likeness (QED) is 0.837. The molecule has 1 atom stereocenters. The van der Waals surface area contributed by atoms with E-state index in [-0.39, 0.29) is 11.8 Å². The average molecular weight is 325 g/mol. The van der Waals surface area contributed by atoms with Crippen LogP contribution in [0.4, 0.5) is 5.69 Å². The number of hydrogen-bond acceptors (Lipinski definition) is 2. The van der Waals surface area contributed by atoms with Gasteiger partial charge in [-0.3, -0.25) is 9.59 Å². The van der Waals surface area contributed by atoms with Gasteiger partial charge in [-0.1, -0.05) is 49.4 Å². The summed E-state index contributed by atoms with van der Waals surface area (Å²) in [5.74, 6) is -0.802. The van der Waals surface area contributed by atoms with Crippen LogP contribution in [0, 0.1) is 0 Å². The van der Waals surface area contributed by atoms with Crippen LogP contribution in [0.3, 0.4) is 0 Å². The lowest BCUT2D eigenvalue weighted by Gasteiger charge is -2.20. The van der Waals surface area contributed by atoms with Crippen molar-refractivity contribution in [1.82, 2.24) is 0 Å². The second-order valence-electron chi connectivity index (χ2n) is 6.57. The van der Waals surface area contributed by atoms with Gasteiger partial charge < -0.3 is 10.4 Å². The Bertz CT molecular complexity index is 705. The number of rotatable bonds is 6. The number of amides is 1. The fourth-order valence-corrected chi connectivity index (χ4v) is 2.48. The average Bonchev–Trinajstić information content (AvgIpc) is 2.56. The van der Waals surface area contributed by atoms with E-state index in [1.807, 2.05) is 37.3 Å². The first kappa shape index (κ1) is 17.7. The van der Waals surface area contributed by atoms with Gasteiger partial charge in [-0.15, -0.1) is 0 Å². The molecule has 126 valence electrons. The summed E-state index contributed by atoms with van der Waals surface area (Å²) in [7, 11) is 0. The molecule has 1 amide bonds. The van der Waals surface area contributed by atoms with Gasteiger partial charge in [0.1, 0.15) is 0 Å². The minimum Gasteiger partial charge on any atom is -0.481 e. The van der Waals surface area contributed by atoms with E-state index < -0.39 is 11.4 Å². The lowest BCUT2D eigenvalue weighted by molar-refractivity contribution is -0.142. The molecule has 4 nitrogen and oxygen atoms in total. The third-order valence-corrected chi connectivity index (χ3v) is 4.29. The van der Waals surface area contributed by atoms with Crippen molar-refractivity contribution in [3.8, 4) is 0 Å². The second kappa shape index (κ2) is 7.30. The molecule has 2 rings (SSSR count). The molecule has 0 bridgehead atoms. The lowest BCUT2D eigenvalue weighted by atomic mass is 9.85. The van der Waals surface area contributed by atoms with Crippen LogP contribution in [0.5, 0.6) is 0 Å². The minimum atomic E-state index is -0.954. The molecule has 2 N–H and O–H groups in total. The van der Waals surface area contributed by atoms with Crippen LogP contribution in [0.15, 0.2) is 54.6 Å². The number of hydrogen-bond donors (Lipinski definition) is 2. The van der Waals surface area contributed by atoms with Crippen molar-refractivity contribution in [2.75, 3.05) is 5.32 Å². The predicted molar refractivity (Wildman–Crippen MR) is 95.2 cm³/mol. The molecule has 0 saturated carbocycles. The van der Waals surface area contributed by atoms with Crippen LogP contribution in [-0.4, -0.2) is 17.0 Å². The fraction of sp³-hybridized carbons (Fsp3) is 0.300. The Labute approximate surface area is 142 Å². The number of carbonyl (C=O) groups is 2. The molecule has 0 radical (unpaired) electrons. The first-order chi connectivity index (χ1) is 11.3. The summed E-state index contributed by atoms with van der Waals surface area (Å²) in [6.45, 7) is 5.34. The molecule has 0 heterocycles. The van der Waals surface area contributed by atoms with E-state index in [2.05, 4.69) is 5.32 Å². The fourth-order valence-electron chi connectivity index (χ4n) is 2.48. The zero-order valence-corrected chi connectivity index (χ0v) is 14.2. The number of benzene rings is 2. The molecular formula is C20H23NO3. The van der Waals surface area contributed by atoms with E-state index in [1.54, 1.807) is 38.1 Å². The van der Waals surface area contributed by atoms with Gasteiger partial charge in [0.15, 0.2) is 0 Å². The number of carboxylic acids is 1. The van der Waals surface area contributed by atoms with Gasteiger partial charge in [-0.2, -0.15) is 0 Å². The van der Waals surface area contributed by atoms with Crippen LogP contribution in [0.25, 0.3) is 0 Å². The first-order valence-electron chi connectivity index (χ1n) is 7.99. The molecule has 0 aromatic heterocycles. The number of aliphatic carboxylic acids is 1. The highest BCUT2D eigenvalue weighted by atomic mass is 16.4. The van der Waals surface area contributed by atoms with E-state index in [9.17, 15) is 14.7 Å². The topological polar surface area (TPSA) is 66.4 Å². The molecule has 2 aromatic rings. The van der Waals surface area contributed by atoms with Crippen molar-refractivity contribution in [3.63, 3.8) is 0 Å². The predicted octanol–water partition coefficient (Wildman–Crippen LogP) is 4.18. The van der Waals surface area contributed by atoms with E-state index in [0.717, 1.165) is 5.56 Å². The molecule has 0 aliphatic carbocycles. The smallest absolute Gasteiger partial charge is 0.313 e. The Balaban J connectivity index is 1.99. The Hall–Kier alpha value is -2.62. The highest BCUT2D eigenvalue weighted by Crippen LogP contribution is 2.25. The summed E-state index contributed by atoms with van der Waals surface area (Å²) in [6.07, 6.45) is 0.395. The van der Waals surface area contributed by atoms with Gasteiger partial charge in [-0.25, -0.2) is 0 Å². The number of nitrogens with one attached hydrogen (secondary N) is 1. The largest absolute Gasteiger partial charge is 0.481 e. The summed E-state index contributed by atoms with van der Waals surface area (Å²) >= 11 is 0. The van der Waals surface area contributed by atoms with E-state index in [1.165, 1.54) is 0 Å². The SMILES string of the molecule is CC(CC(=O)Nc1ccc(C(C)(C)C(=O)O)cc1)c1ccccc1. The number of carboxylic acid groups (broad SMARTS) is 1. The van der Waals surface area contributed by atoms with Crippen LogP contribution >= 0.6 is 0 Å². The summed E-state index contributed by atoms with van der Waals surface area (Å²) in [5, 5.41) is 12.1. The molecule has 1 unspecified atom stereocenters. The van der Waals surface area contributed by atoms with Gasteiger partial charge >= 0.3 is 5.97 Å². The zero-order valence-electron chi connectivity index (χ0n) is 14.2. The summed E-state index contributed by atoms with van der Waals surface area (Å²) < 4.78 is 0. The van der Waals surface area contributed by atoms with Crippen molar-refractivity contribution in [2.24, 2.45) is 0 Å². The van der Waals surface area contributed by atoms with Crippen molar-refractivity contribution in [1.29, 1.82) is 0 Å². The van der Waals surface area contributed by atoms with Crippen molar-refractivity contribution in [2.45, 2.75) is 38.5 Å². The molecule has 0 aliphatic rings. The van der Waals surface area contributed by atoms with E-state index >= 15 is 0 Å². The van der Waals surface area contributed by atoms with Gasteiger partial charge in [0.2, 0.25) is 5.91 Å². The monoisotopic (exact) mass is 325 g/mol. The second-order valence-corrected chi connectivity index (χ2v) is 6.57. The zero-order chi connectivity index (χ0) is 17.7. The van der Waals surface area contributed by atoms with Crippen LogP contribution in [-0.2, 0) is 15.0 Å². The van der Waals surface area contributed by atoms with Crippen molar-refractivity contribution < 1.29 is 14.7 Å². The first-order valence-corrected chi connectivity index (χ1v) is 7.99. The van der Waals surface area contributed by atoms with Crippen LogP contribution in [0.1, 0.15) is 44.2 Å². The minimum absolute atomic E-state index is 0.0587. The van der Waals surface area contributed by atoms with Crippen LogP contribution < -0.4 is 5.32 Å². The molecule has 0 aliphatic heterocycles. The maximum absolute atomic E-state index is 12.2. The van der Waals surface area contributed by atoms with Gasteiger partial charge in [-0.05, 0) is 43.0 Å². The lowest BCUT2D eigenvalue weighted by Crippen LogP contribution is -2.28. The highest BCUT2D eigenvalue weighted by Gasteiger charge is 2.29. The van der Waals surface area contributed by atoms with Crippen LogP contribution in [0.2, 0.25) is 0 Å². The van der Waals surface area contributed by atoms with Crippen molar-refractivity contribution >= 4 is 17.6 Å². The number of carbonyl (C=O) groups excluding carboxylic acids is 1. The van der Waals surface area contributed by atoms with E-state index in [4.69, 9.17) is 0 Å². The molecule has 0 saturated heterocycles. The third-order valence-electron chi connectivity index (χ3n) is 4.29. The summed E-state index contributed by atoms with van der Waals surface area (Å²) in [4.78, 5) is 23.5. The molecule has 0 spiro atoms. The Morgan fingerprint density at radius 1 is 1.04 bits per heavy atom. The maximum Gasteiger partial charge on any atom is 0.313 e. The maximum atomic E-state index is 12.2. The van der Waals surface area contributed by atoms with Crippen molar-refractivity contribution in [3.05, 3.63) is 65.7 Å². The third kappa shape index (κ3) is 4.22. The van der Waals surface area contributed by atoms with E-state index in [0.29, 0.717) is 17.7 Å². The summed E-state index contributed by atoms with van der Waals surface area (Å²) in [6, 6.07) is 16.9. The van der Waals surface area contributed by atoms with Gasteiger partial charge in [0.25, 0.3) is 0 Å². The normalized spacial score (nSPS) is 12.5. The Kier molecular flexibility index (Phi) is 5.39. The summed E-state index contributed by atoms with van der Waals surface area (Å²) in [5.41, 5.74) is 1.55.